The van der Waals surface area contributed by atoms with Crippen molar-refractivity contribution < 1.29 is 4.79 Å². The van der Waals surface area contributed by atoms with Crippen LogP contribution in [0.1, 0.15) is 50.1 Å². The molecule has 0 fully saturated rings. The minimum absolute atomic E-state index is 0.0272. The number of fused-ring (bicyclic) bond motifs is 1. The summed E-state index contributed by atoms with van der Waals surface area (Å²) in [5.41, 5.74) is 4.82. The molecule has 1 aliphatic heterocycles. The number of aromatic nitrogens is 2. The van der Waals surface area contributed by atoms with Crippen LogP contribution in [0.3, 0.4) is 0 Å². The van der Waals surface area contributed by atoms with Crippen LogP contribution < -0.4 is 10.2 Å². The van der Waals surface area contributed by atoms with E-state index in [0.29, 0.717) is 18.3 Å². The van der Waals surface area contributed by atoms with Gasteiger partial charge in [-0.3, -0.25) is 4.79 Å². The molecular weight excluding hydrogens is 404 g/mol. The van der Waals surface area contributed by atoms with Gasteiger partial charge in [-0.1, -0.05) is 29.8 Å². The summed E-state index contributed by atoms with van der Waals surface area (Å²) in [6.45, 7) is 9.01. The summed E-state index contributed by atoms with van der Waals surface area (Å²) in [6.07, 6.45) is 3.53. The van der Waals surface area contributed by atoms with Gasteiger partial charge < -0.3 is 10.2 Å². The molecule has 1 aliphatic rings. The second kappa shape index (κ2) is 8.38. The van der Waals surface area contributed by atoms with E-state index in [1.807, 2.05) is 13.8 Å². The highest BCUT2D eigenvalue weighted by Gasteiger charge is 2.22. The monoisotopic (exact) mass is 430 g/mol. The number of aryl methyl sites for hydroxylation is 3. The Morgan fingerprint density at radius 3 is 2.63 bits per heavy atom. The molecule has 3 rings (SSSR count). The van der Waals surface area contributed by atoms with E-state index < -0.39 is 0 Å². The molecule has 1 amide bonds. The second-order valence-corrected chi connectivity index (χ2v) is 8.49. The molecule has 1 N–H and O–H groups in total. The summed E-state index contributed by atoms with van der Waals surface area (Å²) in [4.78, 5) is 23.8. The van der Waals surface area contributed by atoms with Crippen LogP contribution in [0.15, 0.2) is 22.7 Å². The fourth-order valence-electron chi connectivity index (χ4n) is 3.40. The Morgan fingerprint density at radius 1 is 1.26 bits per heavy atom. The molecule has 0 spiro atoms. The van der Waals surface area contributed by atoms with Crippen molar-refractivity contribution in [1.29, 1.82) is 0 Å². The van der Waals surface area contributed by atoms with Crippen molar-refractivity contribution in [2.75, 3.05) is 16.8 Å². The van der Waals surface area contributed by atoms with E-state index in [1.54, 1.807) is 0 Å². The number of amides is 1. The smallest absolute Gasteiger partial charge is 0.230 e. The van der Waals surface area contributed by atoms with Crippen LogP contribution in [0, 0.1) is 19.8 Å². The van der Waals surface area contributed by atoms with Gasteiger partial charge in [-0.2, -0.15) is 0 Å². The SMILES string of the molecule is Cc1nc(N2CCCc3cc(Br)ccc32)nc(C)c1NC(=O)CCC(C)C. The zero-order chi connectivity index (χ0) is 19.6. The van der Waals surface area contributed by atoms with Crippen molar-refractivity contribution in [2.24, 2.45) is 5.92 Å². The Hall–Kier alpha value is -1.95. The molecule has 2 heterocycles. The largest absolute Gasteiger partial charge is 0.323 e. The molecule has 1 aromatic heterocycles. The molecule has 1 aromatic carbocycles. The van der Waals surface area contributed by atoms with Crippen LogP contribution in [0.4, 0.5) is 17.3 Å². The lowest BCUT2D eigenvalue weighted by Gasteiger charge is -2.30. The summed E-state index contributed by atoms with van der Waals surface area (Å²) in [5, 5.41) is 3.00. The van der Waals surface area contributed by atoms with Crippen molar-refractivity contribution in [1.82, 2.24) is 9.97 Å². The quantitative estimate of drug-likeness (QED) is 0.697. The molecule has 144 valence electrons. The average molecular weight is 431 g/mol. The predicted octanol–water partition coefficient (Wildman–Crippen LogP) is 5.31. The van der Waals surface area contributed by atoms with Crippen molar-refractivity contribution in [2.45, 2.75) is 53.4 Å². The first-order valence-corrected chi connectivity index (χ1v) is 10.4. The van der Waals surface area contributed by atoms with Gasteiger partial charge in [-0.15, -0.1) is 0 Å². The van der Waals surface area contributed by atoms with Crippen molar-refractivity contribution in [3.63, 3.8) is 0 Å². The number of halogens is 1. The summed E-state index contributed by atoms with van der Waals surface area (Å²) >= 11 is 3.55. The maximum absolute atomic E-state index is 12.2. The molecule has 0 atom stereocenters. The highest BCUT2D eigenvalue weighted by atomic mass is 79.9. The first-order chi connectivity index (χ1) is 12.8. The Bertz CT molecular complexity index is 827. The Kier molecular flexibility index (Phi) is 6.15. The van der Waals surface area contributed by atoms with Gasteiger partial charge in [0.25, 0.3) is 0 Å². The number of rotatable bonds is 5. The number of carbonyl (C=O) groups is 1. The average Bonchev–Trinajstić information content (AvgIpc) is 2.62. The number of hydrogen-bond donors (Lipinski definition) is 1. The molecule has 0 radical (unpaired) electrons. The molecule has 0 bridgehead atoms. The maximum Gasteiger partial charge on any atom is 0.230 e. The zero-order valence-corrected chi connectivity index (χ0v) is 18.1. The van der Waals surface area contributed by atoms with Crippen LogP contribution in [-0.4, -0.2) is 22.4 Å². The zero-order valence-electron chi connectivity index (χ0n) is 16.5. The standard InChI is InChI=1S/C21H27BrN4O/c1-13(2)7-10-19(27)25-20-14(3)23-21(24-15(20)4)26-11-5-6-16-12-17(22)8-9-18(16)26/h8-9,12-13H,5-7,10-11H2,1-4H3,(H,25,27). The maximum atomic E-state index is 12.2. The molecule has 6 heteroatoms. The van der Waals surface area contributed by atoms with Gasteiger partial charge in [0.2, 0.25) is 11.9 Å². The third-order valence-corrected chi connectivity index (χ3v) is 5.37. The van der Waals surface area contributed by atoms with Crippen molar-refractivity contribution in [3.05, 3.63) is 39.6 Å². The lowest BCUT2D eigenvalue weighted by molar-refractivity contribution is -0.116. The summed E-state index contributed by atoms with van der Waals surface area (Å²) in [7, 11) is 0. The van der Waals surface area contributed by atoms with Gasteiger partial charge in [-0.25, -0.2) is 9.97 Å². The number of hydrogen-bond acceptors (Lipinski definition) is 4. The van der Waals surface area contributed by atoms with Gasteiger partial charge >= 0.3 is 0 Å². The second-order valence-electron chi connectivity index (χ2n) is 7.58. The van der Waals surface area contributed by atoms with Gasteiger partial charge in [-0.05, 0) is 62.8 Å². The first kappa shape index (κ1) is 19.8. The molecule has 2 aromatic rings. The van der Waals surface area contributed by atoms with Crippen LogP contribution in [0.2, 0.25) is 0 Å². The molecule has 0 saturated heterocycles. The normalized spacial score (nSPS) is 13.6. The Morgan fingerprint density at radius 2 is 1.96 bits per heavy atom. The fourth-order valence-corrected chi connectivity index (χ4v) is 3.80. The minimum atomic E-state index is 0.0272. The molecule has 27 heavy (non-hydrogen) atoms. The van der Waals surface area contributed by atoms with Crippen LogP contribution >= 0.6 is 15.9 Å². The fraction of sp³-hybridized carbons (Fsp3) is 0.476. The van der Waals surface area contributed by atoms with Crippen LogP contribution in [-0.2, 0) is 11.2 Å². The predicted molar refractivity (Wildman–Crippen MR) is 114 cm³/mol. The van der Waals surface area contributed by atoms with E-state index in [2.05, 4.69) is 58.2 Å². The summed E-state index contributed by atoms with van der Waals surface area (Å²) < 4.78 is 1.09. The lowest BCUT2D eigenvalue weighted by atomic mass is 10.0. The first-order valence-electron chi connectivity index (χ1n) is 9.56. The highest BCUT2D eigenvalue weighted by molar-refractivity contribution is 9.10. The van der Waals surface area contributed by atoms with Crippen molar-refractivity contribution >= 4 is 39.2 Å². The number of nitrogens with one attached hydrogen (secondary N) is 1. The van der Waals surface area contributed by atoms with Crippen molar-refractivity contribution in [3.8, 4) is 0 Å². The summed E-state index contributed by atoms with van der Waals surface area (Å²) in [5.74, 6) is 1.24. The van der Waals surface area contributed by atoms with E-state index in [4.69, 9.17) is 9.97 Å². The molecule has 0 saturated carbocycles. The van der Waals surface area contributed by atoms with Crippen LogP contribution in [0.25, 0.3) is 0 Å². The van der Waals surface area contributed by atoms with E-state index in [-0.39, 0.29) is 5.91 Å². The van der Waals surface area contributed by atoms with Crippen LogP contribution in [0.5, 0.6) is 0 Å². The van der Waals surface area contributed by atoms with Gasteiger partial charge in [0.1, 0.15) is 0 Å². The topological polar surface area (TPSA) is 58.1 Å². The third kappa shape index (κ3) is 4.67. The molecule has 0 aliphatic carbocycles. The minimum Gasteiger partial charge on any atom is -0.323 e. The Labute approximate surface area is 169 Å². The lowest BCUT2D eigenvalue weighted by Crippen LogP contribution is -2.27. The van der Waals surface area contributed by atoms with E-state index in [0.717, 1.165) is 53.0 Å². The molecule has 0 unspecified atom stereocenters. The number of nitrogens with zero attached hydrogens (tertiary/aromatic N) is 3. The van der Waals surface area contributed by atoms with E-state index >= 15 is 0 Å². The van der Waals surface area contributed by atoms with E-state index in [1.165, 1.54) is 5.56 Å². The third-order valence-electron chi connectivity index (χ3n) is 4.87. The molecule has 5 nitrogen and oxygen atoms in total. The highest BCUT2D eigenvalue weighted by Crippen LogP contribution is 2.34. The molecular formula is C21H27BrN4O. The number of carbonyl (C=O) groups excluding carboxylic acids is 1. The van der Waals surface area contributed by atoms with Gasteiger partial charge in [0.05, 0.1) is 17.1 Å². The number of anilines is 3. The van der Waals surface area contributed by atoms with E-state index in [9.17, 15) is 4.79 Å². The summed E-state index contributed by atoms with van der Waals surface area (Å²) in [6, 6.07) is 6.35. The Balaban J connectivity index is 1.85. The van der Waals surface area contributed by atoms with Gasteiger partial charge in [0.15, 0.2) is 0 Å². The van der Waals surface area contributed by atoms with Gasteiger partial charge in [0, 0.05) is 23.1 Å². The number of benzene rings is 1.